The fraction of sp³-hybridized carbons (Fsp3) is 0.600. The summed E-state index contributed by atoms with van der Waals surface area (Å²) >= 11 is 0. The van der Waals surface area contributed by atoms with Gasteiger partial charge in [0.2, 0.25) is 5.43 Å². The molecule has 0 amide bonds. The van der Waals surface area contributed by atoms with E-state index in [-0.39, 0.29) is 35.9 Å². The Hall–Kier alpha value is -2.62. The Morgan fingerprint density at radius 1 is 1.03 bits per heavy atom. The molecule has 7 nitrogen and oxygen atoms in total. The molecule has 3 fully saturated rings. The van der Waals surface area contributed by atoms with E-state index < -0.39 is 22.8 Å². The van der Waals surface area contributed by atoms with E-state index in [9.17, 15) is 23.5 Å². The Labute approximate surface area is 228 Å². The Morgan fingerprint density at radius 3 is 2.62 bits per heavy atom. The van der Waals surface area contributed by atoms with Crippen molar-refractivity contribution in [2.45, 2.75) is 76.7 Å². The highest BCUT2D eigenvalue weighted by Crippen LogP contribution is 2.39. The molecule has 2 aromatic rings. The average Bonchev–Trinajstić information content (AvgIpc) is 3.46. The maximum atomic E-state index is 14.1. The molecule has 0 bridgehead atoms. The number of rotatable bonds is 7. The van der Waals surface area contributed by atoms with Crippen molar-refractivity contribution in [3.63, 3.8) is 0 Å². The van der Waals surface area contributed by atoms with Crippen molar-refractivity contribution in [3.05, 3.63) is 63.1 Å². The Morgan fingerprint density at radius 2 is 1.82 bits per heavy atom. The molecule has 0 spiro atoms. The summed E-state index contributed by atoms with van der Waals surface area (Å²) in [6.45, 7) is 6.51. The minimum atomic E-state index is -0.708. The molecule has 6 rings (SSSR count). The van der Waals surface area contributed by atoms with Gasteiger partial charge >= 0.3 is 0 Å². The van der Waals surface area contributed by atoms with E-state index in [0.29, 0.717) is 30.7 Å². The van der Waals surface area contributed by atoms with Gasteiger partial charge in [-0.05, 0) is 62.7 Å². The number of carbonyl (C=O) groups excluding carboxylic acids is 1. The predicted octanol–water partition coefficient (Wildman–Crippen LogP) is 3.76. The van der Waals surface area contributed by atoms with Crippen LogP contribution < -0.4 is 5.43 Å². The Bertz CT molecular complexity index is 1290. The van der Waals surface area contributed by atoms with Crippen LogP contribution in [0.25, 0.3) is 0 Å². The smallest absolute Gasteiger partial charge is 0.234 e. The Kier molecular flexibility index (Phi) is 7.57. The first kappa shape index (κ1) is 26.6. The van der Waals surface area contributed by atoms with Gasteiger partial charge in [0.1, 0.15) is 11.6 Å². The summed E-state index contributed by atoms with van der Waals surface area (Å²) in [6.07, 6.45) is 9.07. The molecule has 39 heavy (non-hydrogen) atoms. The number of hydrogen-bond donors (Lipinski definition) is 1. The summed E-state index contributed by atoms with van der Waals surface area (Å²) in [5, 5.41) is 11.0. The topological polar surface area (TPSA) is 69.0 Å². The molecular weight excluding hydrogens is 502 g/mol. The van der Waals surface area contributed by atoms with Gasteiger partial charge in [-0.2, -0.15) is 0 Å². The lowest BCUT2D eigenvalue weighted by Gasteiger charge is -2.56. The fourth-order valence-corrected chi connectivity index (χ4v) is 7.32. The van der Waals surface area contributed by atoms with E-state index in [1.54, 1.807) is 6.20 Å². The lowest BCUT2D eigenvalue weighted by Crippen LogP contribution is -2.66. The molecular formula is C30H38F2N4O3. The summed E-state index contributed by atoms with van der Waals surface area (Å²) in [5.41, 5.74) is 0.0678. The molecule has 1 N–H and O–H groups in total. The molecule has 4 heterocycles. The van der Waals surface area contributed by atoms with Crippen LogP contribution in [0, 0.1) is 17.6 Å². The maximum absolute atomic E-state index is 14.1. The van der Waals surface area contributed by atoms with Crippen molar-refractivity contribution in [3.8, 4) is 5.75 Å². The first-order chi connectivity index (χ1) is 18.9. The summed E-state index contributed by atoms with van der Waals surface area (Å²) in [5.74, 6) is -1.58. The van der Waals surface area contributed by atoms with Gasteiger partial charge < -0.3 is 14.6 Å². The van der Waals surface area contributed by atoms with E-state index in [4.69, 9.17) is 0 Å². The van der Waals surface area contributed by atoms with Crippen LogP contribution in [-0.4, -0.2) is 75.1 Å². The molecule has 0 unspecified atom stereocenters. The number of likely N-dealkylation sites (tertiary alicyclic amines) is 1. The monoisotopic (exact) mass is 540 g/mol. The van der Waals surface area contributed by atoms with Crippen molar-refractivity contribution in [2.75, 3.05) is 32.7 Å². The first-order valence-electron chi connectivity index (χ1n) is 14.5. The van der Waals surface area contributed by atoms with Gasteiger partial charge in [-0.25, -0.2) is 8.78 Å². The largest absolute Gasteiger partial charge is 0.503 e. The van der Waals surface area contributed by atoms with E-state index in [0.717, 1.165) is 38.2 Å². The minimum absolute atomic E-state index is 0.0522. The van der Waals surface area contributed by atoms with Crippen molar-refractivity contribution in [2.24, 2.45) is 5.92 Å². The number of benzene rings is 1. The minimum Gasteiger partial charge on any atom is -0.503 e. The summed E-state index contributed by atoms with van der Waals surface area (Å²) in [7, 11) is 0. The van der Waals surface area contributed by atoms with Gasteiger partial charge in [0.25, 0.3) is 0 Å². The fourth-order valence-electron chi connectivity index (χ4n) is 7.32. The summed E-state index contributed by atoms with van der Waals surface area (Å²) in [6, 6.07) is 3.72. The second-order valence-electron chi connectivity index (χ2n) is 11.8. The molecule has 0 radical (unpaired) electrons. The normalized spacial score (nSPS) is 25.7. The van der Waals surface area contributed by atoms with E-state index >= 15 is 0 Å². The Balaban J connectivity index is 1.24. The van der Waals surface area contributed by atoms with Gasteiger partial charge in [-0.1, -0.05) is 18.9 Å². The highest BCUT2D eigenvalue weighted by atomic mass is 19.1. The van der Waals surface area contributed by atoms with Crippen LogP contribution in [0.3, 0.4) is 0 Å². The number of ketones is 1. The highest BCUT2D eigenvalue weighted by Gasteiger charge is 2.45. The van der Waals surface area contributed by atoms with Gasteiger partial charge in [-0.15, -0.1) is 0 Å². The first-order valence-corrected chi connectivity index (χ1v) is 14.5. The number of fused-ring (bicyclic) bond motifs is 4. The number of pyridine rings is 1. The van der Waals surface area contributed by atoms with Gasteiger partial charge in [0, 0.05) is 50.9 Å². The van der Waals surface area contributed by atoms with E-state index in [1.165, 1.54) is 51.3 Å². The molecule has 3 aliphatic heterocycles. The second-order valence-corrected chi connectivity index (χ2v) is 11.8. The van der Waals surface area contributed by atoms with Gasteiger partial charge in [-0.3, -0.25) is 19.4 Å². The molecule has 1 aromatic heterocycles. The number of hydrogen-bond acceptors (Lipinski definition) is 6. The molecule has 1 saturated carbocycles. The SMILES string of the molecule is O=C(CCc1ccc(F)cc1F)c1cn2c(c(O)c1=O)CN1[C@H]3CCCC[C@H]3CN(CCN3CCCC3)[C@@H]1C2. The second kappa shape index (κ2) is 11.1. The zero-order chi connectivity index (χ0) is 27.1. The molecule has 2 saturated heterocycles. The zero-order valence-electron chi connectivity index (χ0n) is 22.5. The number of aromatic nitrogens is 1. The lowest BCUT2D eigenvalue weighted by molar-refractivity contribution is -0.104. The van der Waals surface area contributed by atoms with Crippen LogP contribution in [0.15, 0.2) is 29.2 Å². The lowest BCUT2D eigenvalue weighted by atomic mass is 9.80. The third-order valence-electron chi connectivity index (χ3n) is 9.46. The molecule has 3 atom stereocenters. The van der Waals surface area contributed by atoms with Crippen LogP contribution in [-0.2, 0) is 19.5 Å². The maximum Gasteiger partial charge on any atom is 0.234 e. The molecule has 1 aromatic carbocycles. The van der Waals surface area contributed by atoms with Gasteiger partial charge in [0.15, 0.2) is 11.5 Å². The third-order valence-corrected chi connectivity index (χ3v) is 9.46. The predicted molar refractivity (Wildman–Crippen MR) is 144 cm³/mol. The standard InChI is InChI=1S/C30H38F2N4O3/c31-22-9-7-20(24(32)15-22)8-10-27(37)23-17-35-19-28-34(14-13-33-11-3-4-12-33)16-21-5-1-2-6-25(21)36(28)18-26(35)30(39)29(23)38/h7,9,15,17,21,25,28,39H,1-6,8,10-14,16,18-19H2/t21-,25-,28-/m0/s1. The molecule has 9 heteroatoms. The van der Waals surface area contributed by atoms with Crippen LogP contribution >= 0.6 is 0 Å². The number of aromatic hydroxyl groups is 1. The van der Waals surface area contributed by atoms with Crippen LogP contribution in [0.4, 0.5) is 8.78 Å². The van der Waals surface area contributed by atoms with E-state index in [1.807, 2.05) is 4.57 Å². The number of carbonyl (C=O) groups is 1. The number of aryl methyl sites for hydroxylation is 1. The molecule has 4 aliphatic rings. The van der Waals surface area contributed by atoms with Gasteiger partial charge in [0.05, 0.1) is 24.0 Å². The molecule has 1 aliphatic carbocycles. The molecule has 210 valence electrons. The van der Waals surface area contributed by atoms with Crippen molar-refractivity contribution in [1.82, 2.24) is 19.3 Å². The van der Waals surface area contributed by atoms with Crippen molar-refractivity contribution >= 4 is 5.78 Å². The third kappa shape index (κ3) is 5.28. The highest BCUT2D eigenvalue weighted by molar-refractivity contribution is 5.96. The van der Waals surface area contributed by atoms with E-state index in [2.05, 4.69) is 14.7 Å². The number of nitrogens with zero attached hydrogens (tertiary/aromatic N) is 4. The van der Waals surface area contributed by atoms with Crippen molar-refractivity contribution < 1.29 is 18.7 Å². The zero-order valence-corrected chi connectivity index (χ0v) is 22.5. The summed E-state index contributed by atoms with van der Waals surface area (Å²) in [4.78, 5) is 33.8. The summed E-state index contributed by atoms with van der Waals surface area (Å²) < 4.78 is 29.2. The van der Waals surface area contributed by atoms with Crippen LogP contribution in [0.1, 0.15) is 66.6 Å². The number of Topliss-reactive ketones (excluding diaryl/α,β-unsaturated/α-hetero) is 1. The van der Waals surface area contributed by atoms with Crippen LogP contribution in [0.2, 0.25) is 0 Å². The average molecular weight is 541 g/mol. The van der Waals surface area contributed by atoms with Crippen LogP contribution in [0.5, 0.6) is 5.75 Å². The number of halogens is 2. The van der Waals surface area contributed by atoms with Crippen molar-refractivity contribution in [1.29, 1.82) is 0 Å². The quantitative estimate of drug-likeness (QED) is 0.540.